The lowest BCUT2D eigenvalue weighted by molar-refractivity contribution is -0.323. The molecule has 0 aliphatic heterocycles. The average Bonchev–Trinajstić information content (AvgIpc) is 2.50. The fraction of sp³-hybridized carbons (Fsp3) is 0.500. The molecule has 14 heteroatoms. The summed E-state index contributed by atoms with van der Waals surface area (Å²) in [5, 5.41) is -5.91. The van der Waals surface area contributed by atoms with Gasteiger partial charge in [0.15, 0.2) is 0 Å². The van der Waals surface area contributed by atoms with Crippen molar-refractivity contribution in [1.29, 1.82) is 0 Å². The van der Waals surface area contributed by atoms with Crippen LogP contribution in [0.1, 0.15) is 11.1 Å². The van der Waals surface area contributed by atoms with Crippen molar-refractivity contribution in [1.82, 2.24) is 0 Å². The van der Waals surface area contributed by atoms with Gasteiger partial charge in [-0.3, -0.25) is 4.55 Å². The standard InChI is InChI=1S/C12H10F8O5S/c13-9(14)10(15,16)24-5-7-1-3-8(4-2-7)6-25-11(17,18)12(19,20)26(21,22)23/h1-4,9H,5-6H2,(H,21,22,23). The van der Waals surface area contributed by atoms with Gasteiger partial charge >= 0.3 is 34.0 Å². The lowest BCUT2D eigenvalue weighted by atomic mass is 10.1. The molecule has 0 aliphatic carbocycles. The van der Waals surface area contributed by atoms with E-state index in [4.69, 9.17) is 4.55 Å². The monoisotopic (exact) mass is 418 g/mol. The lowest BCUT2D eigenvalue weighted by Crippen LogP contribution is -2.48. The Morgan fingerprint density at radius 3 is 1.62 bits per heavy atom. The molecule has 0 heterocycles. The first-order chi connectivity index (χ1) is 11.6. The van der Waals surface area contributed by atoms with Crippen molar-refractivity contribution in [3.63, 3.8) is 0 Å². The second-order valence-electron chi connectivity index (χ2n) is 4.76. The van der Waals surface area contributed by atoms with Gasteiger partial charge in [0.2, 0.25) is 0 Å². The van der Waals surface area contributed by atoms with Crippen molar-refractivity contribution < 1.29 is 57.6 Å². The van der Waals surface area contributed by atoms with E-state index in [9.17, 15) is 43.5 Å². The van der Waals surface area contributed by atoms with Crippen LogP contribution in [-0.4, -0.2) is 36.9 Å². The summed E-state index contributed by atoms with van der Waals surface area (Å²) < 4.78 is 137. The van der Waals surface area contributed by atoms with Gasteiger partial charge in [0, 0.05) is 0 Å². The minimum absolute atomic E-state index is 0.0795. The van der Waals surface area contributed by atoms with E-state index in [-0.39, 0.29) is 11.1 Å². The van der Waals surface area contributed by atoms with Crippen LogP contribution in [0.15, 0.2) is 24.3 Å². The Hall–Kier alpha value is -1.51. The van der Waals surface area contributed by atoms with Crippen LogP contribution < -0.4 is 0 Å². The van der Waals surface area contributed by atoms with Crippen molar-refractivity contribution in [3.8, 4) is 0 Å². The van der Waals surface area contributed by atoms with E-state index in [0.717, 1.165) is 24.3 Å². The molecule has 1 aromatic rings. The van der Waals surface area contributed by atoms with Crippen molar-refractivity contribution >= 4 is 10.1 Å². The first-order valence-corrected chi connectivity index (χ1v) is 7.78. The number of ether oxygens (including phenoxy) is 2. The van der Waals surface area contributed by atoms with E-state index in [1.54, 1.807) is 0 Å². The summed E-state index contributed by atoms with van der Waals surface area (Å²) >= 11 is 0. The van der Waals surface area contributed by atoms with Gasteiger partial charge in [-0.2, -0.15) is 34.8 Å². The topological polar surface area (TPSA) is 72.8 Å². The van der Waals surface area contributed by atoms with Crippen LogP contribution in [-0.2, 0) is 32.8 Å². The molecule has 0 amide bonds. The molecule has 0 unspecified atom stereocenters. The molecule has 0 bridgehead atoms. The van der Waals surface area contributed by atoms with Crippen LogP contribution in [0, 0.1) is 0 Å². The summed E-state index contributed by atoms with van der Waals surface area (Å²) in [4.78, 5) is 0. The highest BCUT2D eigenvalue weighted by Gasteiger charge is 2.67. The number of hydrogen-bond donors (Lipinski definition) is 1. The second kappa shape index (κ2) is 7.62. The van der Waals surface area contributed by atoms with Crippen LogP contribution in [0.2, 0.25) is 0 Å². The Bertz CT molecular complexity index is 705. The third kappa shape index (κ3) is 5.25. The highest BCUT2D eigenvalue weighted by Crippen LogP contribution is 2.39. The van der Waals surface area contributed by atoms with Gasteiger partial charge in [-0.05, 0) is 11.1 Å². The molecule has 1 N–H and O–H groups in total. The Labute approximate surface area is 141 Å². The molecule has 5 nitrogen and oxygen atoms in total. The molecule has 0 saturated carbocycles. The number of halogens is 8. The first kappa shape index (κ1) is 22.5. The zero-order valence-electron chi connectivity index (χ0n) is 12.3. The lowest BCUT2D eigenvalue weighted by Gasteiger charge is -2.23. The van der Waals surface area contributed by atoms with Crippen molar-refractivity contribution in [2.75, 3.05) is 0 Å². The van der Waals surface area contributed by atoms with Crippen LogP contribution in [0.5, 0.6) is 0 Å². The largest absolute Gasteiger partial charge is 0.459 e. The minimum Gasteiger partial charge on any atom is -0.311 e. The Morgan fingerprint density at radius 1 is 0.885 bits per heavy atom. The predicted octanol–water partition coefficient (Wildman–Crippen LogP) is 3.65. The van der Waals surface area contributed by atoms with Crippen molar-refractivity contribution in [2.24, 2.45) is 0 Å². The maximum atomic E-state index is 13.1. The predicted molar refractivity (Wildman–Crippen MR) is 68.4 cm³/mol. The maximum absolute atomic E-state index is 13.1. The summed E-state index contributed by atoms with van der Waals surface area (Å²) in [5.41, 5.74) is -0.302. The van der Waals surface area contributed by atoms with Gasteiger partial charge in [0.05, 0.1) is 13.2 Å². The normalized spacial score (nSPS) is 14.1. The van der Waals surface area contributed by atoms with Gasteiger partial charge in [0.25, 0.3) is 0 Å². The number of rotatable bonds is 9. The third-order valence-corrected chi connectivity index (χ3v) is 3.68. The molecule has 0 atom stereocenters. The van der Waals surface area contributed by atoms with Crippen LogP contribution in [0.3, 0.4) is 0 Å². The molecule has 0 saturated heterocycles. The van der Waals surface area contributed by atoms with E-state index in [1.807, 2.05) is 0 Å². The molecule has 26 heavy (non-hydrogen) atoms. The highest BCUT2D eigenvalue weighted by atomic mass is 32.2. The molecule has 0 radical (unpaired) electrons. The molecule has 0 aromatic heterocycles. The van der Waals surface area contributed by atoms with E-state index in [2.05, 4.69) is 9.47 Å². The maximum Gasteiger partial charge on any atom is 0.459 e. The zero-order valence-corrected chi connectivity index (χ0v) is 13.1. The molecular weight excluding hydrogens is 408 g/mol. The number of benzene rings is 1. The fourth-order valence-electron chi connectivity index (χ4n) is 1.38. The smallest absolute Gasteiger partial charge is 0.311 e. The first-order valence-electron chi connectivity index (χ1n) is 6.34. The number of alkyl halides is 8. The van der Waals surface area contributed by atoms with E-state index in [1.165, 1.54) is 0 Å². The van der Waals surface area contributed by atoms with Gasteiger partial charge in [0.1, 0.15) is 0 Å². The minimum atomic E-state index is -6.46. The van der Waals surface area contributed by atoms with E-state index >= 15 is 0 Å². The van der Waals surface area contributed by atoms with E-state index < -0.39 is 47.2 Å². The summed E-state index contributed by atoms with van der Waals surface area (Å²) in [6, 6.07) is 3.81. The van der Waals surface area contributed by atoms with Gasteiger partial charge in [-0.25, -0.2) is 8.78 Å². The highest BCUT2D eigenvalue weighted by molar-refractivity contribution is 7.86. The summed E-state index contributed by atoms with van der Waals surface area (Å²) in [7, 11) is -6.46. The molecule has 0 fully saturated rings. The zero-order chi connectivity index (χ0) is 20.4. The van der Waals surface area contributed by atoms with Crippen molar-refractivity contribution in [2.45, 2.75) is 37.1 Å². The molecular formula is C12H10F8O5S. The Morgan fingerprint density at radius 2 is 1.27 bits per heavy atom. The molecule has 1 aromatic carbocycles. The average molecular weight is 418 g/mol. The molecule has 0 aliphatic rings. The summed E-state index contributed by atoms with van der Waals surface area (Å²) in [6.45, 7) is -2.21. The van der Waals surface area contributed by atoms with Crippen LogP contribution in [0.25, 0.3) is 0 Å². The second-order valence-corrected chi connectivity index (χ2v) is 6.23. The third-order valence-electron chi connectivity index (χ3n) is 2.79. The SMILES string of the molecule is O=S(=O)(O)C(F)(F)C(F)(F)OCc1ccc(COC(F)(F)C(F)F)cc1. The Balaban J connectivity index is 2.71. The summed E-state index contributed by atoms with van der Waals surface area (Å²) in [6.07, 6.45) is -14.3. The van der Waals surface area contributed by atoms with Crippen LogP contribution in [0.4, 0.5) is 35.1 Å². The fourth-order valence-corrected chi connectivity index (χ4v) is 1.74. The quantitative estimate of drug-likeness (QED) is 0.490. The molecule has 0 spiro atoms. The number of hydrogen-bond acceptors (Lipinski definition) is 4. The van der Waals surface area contributed by atoms with Gasteiger partial charge in [-0.1, -0.05) is 24.3 Å². The Kier molecular flexibility index (Phi) is 6.60. The van der Waals surface area contributed by atoms with Gasteiger partial charge < -0.3 is 9.47 Å². The van der Waals surface area contributed by atoms with Crippen LogP contribution >= 0.6 is 0 Å². The summed E-state index contributed by atoms with van der Waals surface area (Å²) in [5.74, 6) is 0. The van der Waals surface area contributed by atoms with E-state index in [0.29, 0.717) is 0 Å². The van der Waals surface area contributed by atoms with Crippen molar-refractivity contribution in [3.05, 3.63) is 35.4 Å². The molecule has 150 valence electrons. The molecule has 1 rings (SSSR count). The van der Waals surface area contributed by atoms with Gasteiger partial charge in [-0.15, -0.1) is 0 Å².